The minimum atomic E-state index is -3.77. The van der Waals surface area contributed by atoms with Gasteiger partial charge in [-0.2, -0.15) is 4.98 Å². The molecule has 0 spiro atoms. The first-order valence-corrected chi connectivity index (χ1v) is 14.3. The fourth-order valence-electron chi connectivity index (χ4n) is 2.72. The number of nitrogens with zero attached hydrogens (tertiary/aromatic N) is 3. The van der Waals surface area contributed by atoms with Crippen LogP contribution in [0.1, 0.15) is 26.2 Å². The highest BCUT2D eigenvalue weighted by molar-refractivity contribution is 9.10. The number of nitrogen functional groups attached to an aromatic ring is 1. The summed E-state index contributed by atoms with van der Waals surface area (Å²) in [6, 6.07) is 4.78. The van der Waals surface area contributed by atoms with Crippen LogP contribution in [0, 0.1) is 0 Å². The van der Waals surface area contributed by atoms with E-state index in [1.807, 2.05) is 0 Å². The van der Waals surface area contributed by atoms with Gasteiger partial charge in [-0.3, -0.25) is 0 Å². The van der Waals surface area contributed by atoms with Crippen molar-refractivity contribution in [2.24, 2.45) is 3.77 Å². The number of hydrogen-bond donors (Lipinski definition) is 3. The van der Waals surface area contributed by atoms with Crippen molar-refractivity contribution in [2.75, 3.05) is 41.5 Å². The minimum Gasteiger partial charge on any atom is -0.399 e. The third-order valence-electron chi connectivity index (χ3n) is 4.06. The van der Waals surface area contributed by atoms with E-state index in [0.717, 1.165) is 17.3 Å². The van der Waals surface area contributed by atoms with E-state index in [9.17, 15) is 12.6 Å². The van der Waals surface area contributed by atoms with Gasteiger partial charge in [0.05, 0.1) is 30.5 Å². The number of nitrogens with one attached hydrogen (secondary N) is 2. The number of unbranched alkanes of at least 4 members (excludes halogenated alkanes) is 1. The molecule has 1 aromatic heterocycles. The standard InChI is InChI=1S/C18H26BrClN6O3S2/c1-3-10-31(28,29)26-30(2,27)16-7-6-13(21)11-15(16)22-8-4-5-9-23-17-14(19)12-24-18(20)25-17/h6-7,11-12,22H,3-5,8-10,21H2,1-2H3,(H,23,24,25). The molecule has 0 bridgehead atoms. The number of nitrogens with two attached hydrogens (primary N) is 1. The summed E-state index contributed by atoms with van der Waals surface area (Å²) in [5.74, 6) is 0.475. The molecule has 0 radical (unpaired) electrons. The Bertz CT molecular complexity index is 1140. The van der Waals surface area contributed by atoms with E-state index in [-0.39, 0.29) is 11.0 Å². The largest absolute Gasteiger partial charge is 0.399 e. The van der Waals surface area contributed by atoms with Crippen LogP contribution in [0.2, 0.25) is 5.28 Å². The summed E-state index contributed by atoms with van der Waals surface area (Å²) in [7, 11) is -6.93. The third kappa shape index (κ3) is 8.09. The highest BCUT2D eigenvalue weighted by Crippen LogP contribution is 2.26. The van der Waals surface area contributed by atoms with Crippen LogP contribution in [-0.4, -0.2) is 47.7 Å². The number of sulfonamides is 1. The molecule has 1 heterocycles. The van der Waals surface area contributed by atoms with Gasteiger partial charge in [0, 0.05) is 31.2 Å². The first-order chi connectivity index (χ1) is 14.5. The van der Waals surface area contributed by atoms with Gasteiger partial charge in [0.25, 0.3) is 10.0 Å². The van der Waals surface area contributed by atoms with E-state index < -0.39 is 19.8 Å². The molecule has 1 aromatic carbocycles. The fraction of sp³-hybridized carbons (Fsp3) is 0.444. The van der Waals surface area contributed by atoms with Crippen LogP contribution >= 0.6 is 27.5 Å². The van der Waals surface area contributed by atoms with Gasteiger partial charge in [0.2, 0.25) is 5.28 Å². The van der Waals surface area contributed by atoms with Gasteiger partial charge < -0.3 is 16.4 Å². The molecule has 0 saturated carbocycles. The monoisotopic (exact) mass is 552 g/mol. The first-order valence-electron chi connectivity index (χ1n) is 9.55. The summed E-state index contributed by atoms with van der Waals surface area (Å²) in [4.78, 5) is 8.30. The smallest absolute Gasteiger partial charge is 0.261 e. The zero-order valence-corrected chi connectivity index (χ0v) is 21.2. The SMILES string of the molecule is CCCS(=O)(=O)N=S(C)(=O)c1ccc(N)cc1NCCCCNc1nc(Cl)ncc1Br. The van der Waals surface area contributed by atoms with Crippen LogP contribution in [0.3, 0.4) is 0 Å². The summed E-state index contributed by atoms with van der Waals surface area (Å²) in [5, 5.41) is 6.54. The van der Waals surface area contributed by atoms with Crippen LogP contribution in [0.4, 0.5) is 17.2 Å². The van der Waals surface area contributed by atoms with Crippen molar-refractivity contribution >= 4 is 64.5 Å². The molecule has 9 nitrogen and oxygen atoms in total. The maximum atomic E-state index is 13.1. The predicted octanol–water partition coefficient (Wildman–Crippen LogP) is 3.98. The Balaban J connectivity index is 2.01. The normalized spacial score (nSPS) is 13.4. The maximum absolute atomic E-state index is 13.1. The van der Waals surface area contributed by atoms with Crippen LogP contribution in [0.5, 0.6) is 0 Å². The van der Waals surface area contributed by atoms with Crippen molar-refractivity contribution in [2.45, 2.75) is 31.1 Å². The number of hydrogen-bond acceptors (Lipinski definition) is 8. The Hall–Kier alpha value is -1.63. The zero-order valence-electron chi connectivity index (χ0n) is 17.3. The highest BCUT2D eigenvalue weighted by atomic mass is 79.9. The van der Waals surface area contributed by atoms with Crippen molar-refractivity contribution in [3.63, 3.8) is 0 Å². The molecular weight excluding hydrogens is 528 g/mol. The van der Waals surface area contributed by atoms with Gasteiger partial charge >= 0.3 is 0 Å². The molecule has 1 atom stereocenters. The molecule has 13 heteroatoms. The second-order valence-corrected chi connectivity index (χ2v) is 12.2. The summed E-state index contributed by atoms with van der Waals surface area (Å²) >= 11 is 9.16. The molecular formula is C18H26BrClN6O3S2. The van der Waals surface area contributed by atoms with E-state index >= 15 is 0 Å². The van der Waals surface area contributed by atoms with Crippen LogP contribution in [-0.2, 0) is 19.8 Å². The van der Waals surface area contributed by atoms with Crippen molar-refractivity contribution in [3.8, 4) is 0 Å². The average Bonchev–Trinajstić information content (AvgIpc) is 2.66. The van der Waals surface area contributed by atoms with Gasteiger partial charge in [-0.05, 0) is 65.0 Å². The van der Waals surface area contributed by atoms with Crippen LogP contribution < -0.4 is 16.4 Å². The molecule has 0 aliphatic carbocycles. The Labute approximate surface area is 196 Å². The molecule has 0 amide bonds. The molecule has 2 aromatic rings. The van der Waals surface area contributed by atoms with Crippen LogP contribution in [0.25, 0.3) is 0 Å². The fourth-order valence-corrected chi connectivity index (χ4v) is 6.91. The molecule has 0 aliphatic rings. The Kier molecular flexibility index (Phi) is 9.34. The lowest BCUT2D eigenvalue weighted by Gasteiger charge is -2.14. The maximum Gasteiger partial charge on any atom is 0.261 e. The minimum absolute atomic E-state index is 0.143. The van der Waals surface area contributed by atoms with Gasteiger partial charge in [0.15, 0.2) is 0 Å². The Morgan fingerprint density at radius 1 is 1.19 bits per heavy atom. The lowest BCUT2D eigenvalue weighted by molar-refractivity contribution is 0.596. The molecule has 0 saturated heterocycles. The molecule has 4 N–H and O–H groups in total. The Morgan fingerprint density at radius 2 is 1.87 bits per heavy atom. The Morgan fingerprint density at radius 3 is 2.55 bits per heavy atom. The van der Waals surface area contributed by atoms with E-state index in [1.165, 1.54) is 6.26 Å². The van der Waals surface area contributed by atoms with Crippen LogP contribution in [0.15, 0.2) is 37.5 Å². The first kappa shape index (κ1) is 25.6. The summed E-state index contributed by atoms with van der Waals surface area (Å²) in [6.45, 7) is 2.96. The number of anilines is 3. The summed E-state index contributed by atoms with van der Waals surface area (Å²) < 4.78 is 41.6. The predicted molar refractivity (Wildman–Crippen MR) is 131 cm³/mol. The molecule has 31 heavy (non-hydrogen) atoms. The molecule has 0 aliphatic heterocycles. The highest BCUT2D eigenvalue weighted by Gasteiger charge is 2.17. The van der Waals surface area contributed by atoms with Gasteiger partial charge in [0.1, 0.15) is 5.82 Å². The second-order valence-electron chi connectivity index (χ2n) is 6.81. The molecule has 0 fully saturated rings. The van der Waals surface area contributed by atoms with Crippen molar-refractivity contribution < 1.29 is 12.6 Å². The molecule has 2 rings (SSSR count). The van der Waals surface area contributed by atoms with E-state index in [4.69, 9.17) is 17.3 Å². The van der Waals surface area contributed by atoms with Gasteiger partial charge in [-0.1, -0.05) is 6.92 Å². The van der Waals surface area contributed by atoms with Gasteiger partial charge in [-0.25, -0.2) is 17.6 Å². The lowest BCUT2D eigenvalue weighted by Crippen LogP contribution is -2.12. The summed E-state index contributed by atoms with van der Waals surface area (Å²) in [5.41, 5.74) is 6.86. The number of aromatic nitrogens is 2. The van der Waals surface area contributed by atoms with Crippen molar-refractivity contribution in [3.05, 3.63) is 34.2 Å². The van der Waals surface area contributed by atoms with E-state index in [2.05, 4.69) is 40.3 Å². The molecule has 1 unspecified atom stereocenters. The number of benzene rings is 1. The number of halogens is 2. The van der Waals surface area contributed by atoms with E-state index in [0.29, 0.717) is 41.6 Å². The number of rotatable bonds is 11. The quantitative estimate of drug-likeness (QED) is 0.216. The molecule has 172 valence electrons. The average molecular weight is 554 g/mol. The topological polar surface area (TPSA) is 139 Å². The van der Waals surface area contributed by atoms with E-state index in [1.54, 1.807) is 31.3 Å². The van der Waals surface area contributed by atoms with Gasteiger partial charge in [-0.15, -0.1) is 3.77 Å². The third-order valence-corrected chi connectivity index (χ3v) is 8.96. The van der Waals surface area contributed by atoms with Crippen molar-refractivity contribution in [1.29, 1.82) is 0 Å². The lowest BCUT2D eigenvalue weighted by atomic mass is 10.2. The van der Waals surface area contributed by atoms with Crippen molar-refractivity contribution in [1.82, 2.24) is 9.97 Å². The zero-order chi connectivity index (χ0) is 23.1. The summed E-state index contributed by atoms with van der Waals surface area (Å²) in [6.07, 6.45) is 4.91. The second kappa shape index (κ2) is 11.3.